The summed E-state index contributed by atoms with van der Waals surface area (Å²) in [7, 11) is 0. The number of nitro groups is 1. The summed E-state index contributed by atoms with van der Waals surface area (Å²) in [6.45, 7) is 16.8. The van der Waals surface area contributed by atoms with E-state index in [1.807, 2.05) is 12.1 Å². The molecule has 125 heavy (non-hydrogen) atoms. The molecule has 0 fully saturated rings. The Morgan fingerprint density at radius 3 is 1.23 bits per heavy atom. The molecule has 0 spiro atoms. The molecule has 1 heterocycles. The number of aryl methyl sites for hydroxylation is 1. The van der Waals surface area contributed by atoms with E-state index < -0.39 is 76.0 Å². The molecule has 5 aromatic carbocycles. The van der Waals surface area contributed by atoms with E-state index in [9.17, 15) is 53.3 Å². The van der Waals surface area contributed by atoms with Crippen molar-refractivity contribution in [3.05, 3.63) is 133 Å². The van der Waals surface area contributed by atoms with Gasteiger partial charge in [-0.2, -0.15) is 0 Å². The number of ether oxygens (including phenoxy) is 2. The minimum absolute atomic E-state index is 0.000304. The van der Waals surface area contributed by atoms with Crippen molar-refractivity contribution in [1.29, 1.82) is 21.6 Å². The van der Waals surface area contributed by atoms with E-state index in [4.69, 9.17) is 35.7 Å². The summed E-state index contributed by atoms with van der Waals surface area (Å²) < 4.78 is 21.6. The number of aromatic nitrogens is 2. The predicted octanol–water partition coefficient (Wildman–Crippen LogP) is 14.5. The topological polar surface area (TPSA) is 518 Å². The summed E-state index contributed by atoms with van der Waals surface area (Å²) in [6, 6.07) is 13.9. The number of hydrogen-bond donors (Lipinski definition) is 18. The fourth-order valence-electron chi connectivity index (χ4n) is 12.5. The van der Waals surface area contributed by atoms with Crippen LogP contribution in [-0.4, -0.2) is 180 Å². The van der Waals surface area contributed by atoms with Gasteiger partial charge in [0.25, 0.3) is 17.7 Å². The van der Waals surface area contributed by atoms with Gasteiger partial charge in [-0.05, 0) is 383 Å². The Labute approximate surface area is 835 Å². The predicted molar refractivity (Wildman–Crippen MR) is 550 cm³/mol. The van der Waals surface area contributed by atoms with Crippen LogP contribution < -0.4 is 74.4 Å². The quantitative estimate of drug-likeness (QED) is 0.00321. The van der Waals surface area contributed by atoms with Crippen LogP contribution in [0.5, 0.6) is 0 Å². The number of amidine groups is 2. The van der Waals surface area contributed by atoms with Crippen molar-refractivity contribution in [2.24, 2.45) is 0 Å². The smallest absolute Gasteiger partial charge is 0.414 e. The molecule has 0 saturated heterocycles. The van der Waals surface area contributed by atoms with E-state index in [1.54, 1.807) is 97.9 Å². The van der Waals surface area contributed by atoms with E-state index >= 15 is 0 Å². The van der Waals surface area contributed by atoms with Gasteiger partial charge in [-0.25, -0.2) is 14.2 Å². The molecule has 1 aromatic heterocycles. The first-order chi connectivity index (χ1) is 59.1. The number of nitrogens with one attached hydrogen (secondary N) is 18. The Balaban J connectivity index is 1.15. The number of anilines is 3. The molecular weight excluding hydrogens is 2520 g/mol. The molecule has 0 bridgehead atoms. The Morgan fingerprint density at radius 2 is 0.800 bits per heavy atom. The Bertz CT molecular complexity index is 4780. The van der Waals surface area contributed by atoms with Crippen molar-refractivity contribution in [3.8, 4) is 0 Å². The third kappa shape index (κ3) is 38.5. The number of non-ortho nitro benzene ring substituents is 1. The van der Waals surface area contributed by atoms with Crippen LogP contribution >= 0.6 is 181 Å². The monoisotopic (exact) mass is 2630 g/mol. The van der Waals surface area contributed by atoms with Crippen molar-refractivity contribution in [3.63, 3.8) is 0 Å². The van der Waals surface area contributed by atoms with Gasteiger partial charge in [0.1, 0.15) is 28.8 Å². The van der Waals surface area contributed by atoms with Crippen LogP contribution in [0.1, 0.15) is 204 Å². The summed E-state index contributed by atoms with van der Waals surface area (Å²) in [5, 5.41) is 92.2. The van der Waals surface area contributed by atoms with Crippen molar-refractivity contribution in [2.45, 2.75) is 194 Å². The number of nitro benzene ring substituents is 1. The summed E-state index contributed by atoms with van der Waals surface area (Å²) in [5.74, 6) is -2.42. The number of halogens is 8. The zero-order chi connectivity index (χ0) is 92.3. The number of rotatable bonds is 48. The van der Waals surface area contributed by atoms with Gasteiger partial charge >= 0.3 is 17.9 Å². The maximum absolute atomic E-state index is 14.6. The van der Waals surface area contributed by atoms with Crippen LogP contribution in [0, 0.1) is 60.3 Å². The summed E-state index contributed by atoms with van der Waals surface area (Å²) in [5.41, 5.74) is 4.00. The second kappa shape index (κ2) is 54.0. The van der Waals surface area contributed by atoms with E-state index in [2.05, 4.69) is 265 Å². The number of fused-ring (bicyclic) bond motifs is 1. The molecule has 0 radical (unpaired) electrons. The van der Waals surface area contributed by atoms with E-state index in [-0.39, 0.29) is 104 Å². The minimum atomic E-state index is -1.05. The van der Waals surface area contributed by atoms with E-state index in [1.165, 1.54) is 6.07 Å². The number of ketones is 2. The summed E-state index contributed by atoms with van der Waals surface area (Å²) in [4.78, 5) is 135. The second-order valence-corrected chi connectivity index (χ2v) is 40.3. The normalized spacial score (nSPS) is 11.9. The molecule has 0 aliphatic carbocycles. The molecule has 0 saturated carbocycles. The lowest BCUT2D eigenvalue weighted by Gasteiger charge is -2.21. The molecule has 6 aromatic rings. The fraction of sp³-hybridized carbons (Fsp3) is 0.476. The molecule has 35 nitrogen and oxygen atoms in total. The highest BCUT2D eigenvalue weighted by Gasteiger charge is 2.29. The molecule has 3 atom stereocenters. The maximum atomic E-state index is 14.6. The van der Waals surface area contributed by atoms with Crippen molar-refractivity contribution in [2.75, 3.05) is 74.9 Å². The number of Topliss-reactive ketones (excluding diaryl/α,β-unsaturated/α-hetero) is 2. The third-order valence-corrected chi connectivity index (χ3v) is 25.5. The van der Waals surface area contributed by atoms with Gasteiger partial charge in [0.15, 0.2) is 23.5 Å². The number of carbonyl (C=O) groups excluding carboxylic acids is 9. The van der Waals surface area contributed by atoms with Crippen LogP contribution in [0.3, 0.4) is 0 Å². The number of hydrogen-bond acceptors (Lipinski definition) is 23. The number of carbonyl (C=O) groups is 9. The van der Waals surface area contributed by atoms with Gasteiger partial charge in [-0.3, -0.25) is 75.9 Å². The first-order valence-electron chi connectivity index (χ1n) is 40.4. The molecule has 0 unspecified atom stereocenters. The zero-order valence-electron chi connectivity index (χ0n) is 70.5. The van der Waals surface area contributed by atoms with Gasteiger partial charge < -0.3 is 73.3 Å². The molecule has 7 amide bonds. The van der Waals surface area contributed by atoms with Gasteiger partial charge in [-0.15, -0.1) is 0 Å². The lowest BCUT2D eigenvalue weighted by atomic mass is 9.98. The molecule has 43 heteroatoms. The summed E-state index contributed by atoms with van der Waals surface area (Å²) >= 11 is 17.3. The highest BCUT2D eigenvalue weighted by Crippen LogP contribution is 2.32. The van der Waals surface area contributed by atoms with Crippen LogP contribution in [0.2, 0.25) is 0 Å². The zero-order valence-corrected chi connectivity index (χ0v) is 87.7. The van der Waals surface area contributed by atoms with Crippen molar-refractivity contribution >= 4 is 291 Å². The highest BCUT2D eigenvalue weighted by molar-refractivity contribution is 14.1. The Hall–Kier alpha value is -6.75. The van der Waals surface area contributed by atoms with Gasteiger partial charge in [-0.1, -0.05) is 25.7 Å². The number of guanidine groups is 2. The molecule has 0 aliphatic rings. The van der Waals surface area contributed by atoms with E-state index in [0.717, 1.165) is 44.1 Å². The molecule has 680 valence electrons. The standard InChI is InChI=1S/C82H107I8N21O14/c1-45(91)95-29-18-20-52-53(83)37-48(38-54(52)84)65(112)24-13-9-11-22-62(105-73(115)50-41-57(87)69(58(88)42-50)98-33-35-102-77(93)107-79(119)123-81(3,4)5)75(117)100-28-16-15-21-61(104-72(114)49-39-55(85)68(56(86)40-49)97-32-31-96-46(2)92)66(113)25-14-10-12-23-63(76(118)101-30-17-19-47-26-27-64(111(121)122)71-67(47)109-125-110-71)106-74(116)51-43-59(89)70(60(90)44-51)99-34-36-103-78(94)108-80(120)124-82(6,7)8/h26-27,37-44,61-63,97-99H,9-25,28-36H2,1-8H3,(H2,91,95)(H2,92,96)(H,100,117)(H,101,118)(H,104,114)(H,105,115)(H,106,116)(H3,93,102,107,119)(H3,94,103,108,120)/t61-,62-,63-/m0/s1. The van der Waals surface area contributed by atoms with Crippen LogP contribution in [0.15, 0.2) is 65.3 Å². The van der Waals surface area contributed by atoms with Crippen molar-refractivity contribution in [1.82, 2.24) is 68.8 Å². The fourth-order valence-corrected chi connectivity index (χ4v) is 21.2. The Morgan fingerprint density at radius 1 is 0.432 bits per heavy atom. The number of benzene rings is 5. The maximum Gasteiger partial charge on any atom is 0.414 e. The van der Waals surface area contributed by atoms with Gasteiger partial charge in [0, 0.05) is 129 Å². The average Bonchev–Trinajstić information content (AvgIpc) is 1.65. The largest absolute Gasteiger partial charge is 0.444 e. The number of unbranched alkanes of at least 4 members (excludes halogenated alkanes) is 5. The summed E-state index contributed by atoms with van der Waals surface area (Å²) in [6.07, 6.45) is 5.21. The van der Waals surface area contributed by atoms with Gasteiger partial charge in [0.2, 0.25) is 17.3 Å². The number of amides is 7. The van der Waals surface area contributed by atoms with E-state index in [0.29, 0.717) is 151 Å². The van der Waals surface area contributed by atoms with Gasteiger partial charge in [0.05, 0.1) is 39.7 Å². The average molecular weight is 2630 g/mol. The number of nitrogens with zero attached hydrogens (tertiary/aromatic N) is 3. The lowest BCUT2D eigenvalue weighted by Crippen LogP contribution is -2.47. The molecule has 18 N–H and O–H groups in total. The molecule has 0 aliphatic heterocycles. The second-order valence-electron chi connectivity index (χ2n) is 31.0. The Kier molecular flexibility index (Phi) is 46.3. The highest BCUT2D eigenvalue weighted by atomic mass is 127. The van der Waals surface area contributed by atoms with Crippen LogP contribution in [0.4, 0.5) is 32.3 Å². The minimum Gasteiger partial charge on any atom is -0.444 e. The van der Waals surface area contributed by atoms with Crippen LogP contribution in [-0.2, 0) is 36.7 Å². The first kappa shape index (κ1) is 107. The molecular formula is C82H107I8N21O14. The third-order valence-electron chi connectivity index (χ3n) is 18.5. The SMILES string of the molecule is CC(=N)NCCCc1c(I)cc(C(=O)CCCCC[C@H](NC(=O)c2cc(I)c(NCCNC(=N)NC(=O)OC(C)(C)C)c(I)c2)C(=O)NCCCC[C@H](NC(=O)c2cc(I)c(NCCNC(C)=N)c(I)c2)C(=O)CCCCC[C@H](NC(=O)c2cc(I)c(NCCNC(=N)NC(=O)OC(C)(C)C)c(I)c2)C(=O)NCCCc2ccc([N+](=O)[O-])c3nonc23)cc1I. The molecule has 6 rings (SSSR count). The lowest BCUT2D eigenvalue weighted by molar-refractivity contribution is -0.383. The first-order valence-corrected chi connectivity index (χ1v) is 49.0. The number of alkyl carbamates (subject to hydrolysis) is 2. The van der Waals surface area contributed by atoms with Crippen LogP contribution in [0.25, 0.3) is 11.0 Å². The van der Waals surface area contributed by atoms with Crippen molar-refractivity contribution < 1.29 is 62.2 Å².